The average Bonchev–Trinajstić information content (AvgIpc) is 2.80. The molecule has 2 amide bonds. The molecule has 0 aromatic heterocycles. The first-order chi connectivity index (χ1) is 11.0. The van der Waals surface area contributed by atoms with Crippen molar-refractivity contribution in [2.45, 2.75) is 30.7 Å². The Morgan fingerprint density at radius 1 is 1.04 bits per heavy atom. The van der Waals surface area contributed by atoms with E-state index in [1.54, 1.807) is 24.3 Å². The molecule has 5 unspecified atom stereocenters. The second-order valence-electron chi connectivity index (χ2n) is 5.52. The highest BCUT2D eigenvalue weighted by Crippen LogP contribution is 2.27. The van der Waals surface area contributed by atoms with Crippen LogP contribution in [0, 0.1) is 0 Å². The van der Waals surface area contributed by atoms with E-state index >= 15 is 0 Å². The van der Waals surface area contributed by atoms with Gasteiger partial charge in [0.05, 0.1) is 17.7 Å². The van der Waals surface area contributed by atoms with Crippen LogP contribution in [-0.4, -0.2) is 76.4 Å². The molecule has 0 saturated carbocycles. The summed E-state index contributed by atoms with van der Waals surface area (Å²) >= 11 is 0. The minimum absolute atomic E-state index is 0.253. The number of imide groups is 1. The topological polar surface area (TPSA) is 117 Å². The van der Waals surface area contributed by atoms with E-state index in [1.165, 1.54) is 7.11 Å². The van der Waals surface area contributed by atoms with Gasteiger partial charge >= 0.3 is 0 Å². The Morgan fingerprint density at radius 2 is 1.61 bits per heavy atom. The lowest BCUT2D eigenvalue weighted by Crippen LogP contribution is -2.60. The first-order valence-corrected chi connectivity index (χ1v) is 7.13. The first-order valence-electron chi connectivity index (χ1n) is 7.13. The van der Waals surface area contributed by atoms with E-state index in [9.17, 15) is 24.9 Å². The Kier molecular flexibility index (Phi) is 4.17. The Bertz CT molecular complexity index is 597. The maximum Gasteiger partial charge on any atom is 0.261 e. The lowest BCUT2D eigenvalue weighted by Gasteiger charge is -2.40. The number of methoxy groups -OCH3 is 1. The van der Waals surface area contributed by atoms with Crippen molar-refractivity contribution in [2.75, 3.05) is 13.7 Å². The monoisotopic (exact) mass is 323 g/mol. The summed E-state index contributed by atoms with van der Waals surface area (Å²) in [6, 6.07) is 6.40. The number of amides is 2. The van der Waals surface area contributed by atoms with Crippen LogP contribution in [0.5, 0.6) is 0 Å². The molecular formula is C15H17NO7. The summed E-state index contributed by atoms with van der Waals surface area (Å²) in [5.41, 5.74) is 0.568. The maximum atomic E-state index is 12.3. The van der Waals surface area contributed by atoms with Gasteiger partial charge in [0, 0.05) is 7.11 Å². The number of aliphatic hydroxyl groups excluding tert-OH is 3. The second-order valence-corrected chi connectivity index (χ2v) is 5.52. The van der Waals surface area contributed by atoms with Gasteiger partial charge in [0.2, 0.25) is 0 Å². The number of hydrogen-bond acceptors (Lipinski definition) is 7. The van der Waals surface area contributed by atoms with Crippen LogP contribution >= 0.6 is 0 Å². The molecule has 0 bridgehead atoms. The molecule has 8 heteroatoms. The summed E-state index contributed by atoms with van der Waals surface area (Å²) in [7, 11) is 1.28. The highest BCUT2D eigenvalue weighted by molar-refractivity contribution is 6.21. The Balaban J connectivity index is 1.80. The zero-order valence-corrected chi connectivity index (χ0v) is 12.3. The van der Waals surface area contributed by atoms with Crippen molar-refractivity contribution >= 4 is 11.8 Å². The number of fused-ring (bicyclic) bond motifs is 1. The number of carbonyl (C=O) groups is 2. The molecule has 0 aliphatic carbocycles. The molecule has 1 fully saturated rings. The number of ether oxygens (including phenoxy) is 2. The number of nitrogens with zero attached hydrogens (tertiary/aromatic N) is 1. The molecule has 1 aromatic rings. The lowest BCUT2D eigenvalue weighted by molar-refractivity contribution is -0.290. The van der Waals surface area contributed by atoms with Gasteiger partial charge in [0.1, 0.15) is 24.4 Å². The molecule has 124 valence electrons. The van der Waals surface area contributed by atoms with E-state index in [1.807, 2.05) is 0 Å². The maximum absolute atomic E-state index is 12.3. The zero-order valence-electron chi connectivity index (χ0n) is 12.3. The van der Waals surface area contributed by atoms with Gasteiger partial charge in [-0.1, -0.05) is 12.1 Å². The zero-order chi connectivity index (χ0) is 16.7. The molecule has 0 spiro atoms. The van der Waals surface area contributed by atoms with Gasteiger partial charge in [-0.2, -0.15) is 0 Å². The van der Waals surface area contributed by atoms with Crippen LogP contribution in [0.3, 0.4) is 0 Å². The van der Waals surface area contributed by atoms with Gasteiger partial charge in [-0.25, -0.2) is 0 Å². The third kappa shape index (κ3) is 2.54. The fourth-order valence-electron chi connectivity index (χ4n) is 2.85. The molecule has 3 N–H and O–H groups in total. The van der Waals surface area contributed by atoms with Crippen molar-refractivity contribution in [3.8, 4) is 0 Å². The van der Waals surface area contributed by atoms with Crippen molar-refractivity contribution in [3.63, 3.8) is 0 Å². The number of hydrogen-bond donors (Lipinski definition) is 3. The Morgan fingerprint density at radius 3 is 2.13 bits per heavy atom. The van der Waals surface area contributed by atoms with Crippen LogP contribution in [0.2, 0.25) is 0 Å². The van der Waals surface area contributed by atoms with Gasteiger partial charge in [-0.3, -0.25) is 14.5 Å². The molecule has 8 nitrogen and oxygen atoms in total. The van der Waals surface area contributed by atoms with Crippen molar-refractivity contribution < 1.29 is 34.4 Å². The lowest BCUT2D eigenvalue weighted by atomic mass is 9.98. The highest BCUT2D eigenvalue weighted by Gasteiger charge is 2.46. The van der Waals surface area contributed by atoms with Gasteiger partial charge in [-0.15, -0.1) is 0 Å². The summed E-state index contributed by atoms with van der Waals surface area (Å²) < 4.78 is 10.3. The van der Waals surface area contributed by atoms with Crippen LogP contribution in [-0.2, 0) is 9.47 Å². The number of carbonyl (C=O) groups excluding carboxylic acids is 2. The van der Waals surface area contributed by atoms with Crippen LogP contribution in [0.15, 0.2) is 24.3 Å². The summed E-state index contributed by atoms with van der Waals surface area (Å²) in [5.74, 6) is -0.980. The predicted molar refractivity (Wildman–Crippen MR) is 75.5 cm³/mol. The van der Waals surface area contributed by atoms with Crippen LogP contribution in [0.25, 0.3) is 0 Å². The van der Waals surface area contributed by atoms with Gasteiger partial charge in [0.25, 0.3) is 11.8 Å². The minimum Gasteiger partial charge on any atom is -0.388 e. The highest BCUT2D eigenvalue weighted by atomic mass is 16.7. The normalized spacial score (nSPS) is 33.9. The second kappa shape index (κ2) is 5.99. The molecule has 3 rings (SSSR count). The van der Waals surface area contributed by atoms with Crippen LogP contribution in [0.1, 0.15) is 20.7 Å². The molecular weight excluding hydrogens is 306 g/mol. The Labute approximate surface area is 131 Å². The quantitative estimate of drug-likeness (QED) is 0.594. The molecule has 0 radical (unpaired) electrons. The molecule has 1 aromatic carbocycles. The molecule has 5 atom stereocenters. The molecule has 23 heavy (non-hydrogen) atoms. The number of aliphatic hydroxyl groups is 3. The smallest absolute Gasteiger partial charge is 0.261 e. The van der Waals surface area contributed by atoms with Gasteiger partial charge < -0.3 is 24.8 Å². The van der Waals surface area contributed by atoms with Crippen molar-refractivity contribution in [1.29, 1.82) is 0 Å². The van der Waals surface area contributed by atoms with Crippen molar-refractivity contribution in [3.05, 3.63) is 35.4 Å². The predicted octanol–water partition coefficient (Wildman–Crippen LogP) is -1.26. The average molecular weight is 323 g/mol. The van der Waals surface area contributed by atoms with Gasteiger partial charge in [-0.05, 0) is 12.1 Å². The SMILES string of the molecule is COC1OC(CN2C(=O)c3ccccc3C2=O)C(O)C(O)C1O. The summed E-state index contributed by atoms with van der Waals surface area (Å²) in [6.45, 7) is -0.253. The van der Waals surface area contributed by atoms with E-state index < -0.39 is 42.5 Å². The van der Waals surface area contributed by atoms with E-state index in [2.05, 4.69) is 0 Å². The van der Waals surface area contributed by atoms with Crippen LogP contribution < -0.4 is 0 Å². The van der Waals surface area contributed by atoms with E-state index in [0.29, 0.717) is 0 Å². The molecule has 2 aliphatic heterocycles. The third-order valence-electron chi connectivity index (χ3n) is 4.14. The molecule has 2 aliphatic rings. The summed E-state index contributed by atoms with van der Waals surface area (Å²) in [6.07, 6.45) is -6.61. The molecule has 1 saturated heterocycles. The number of benzene rings is 1. The van der Waals surface area contributed by atoms with E-state index in [4.69, 9.17) is 9.47 Å². The van der Waals surface area contributed by atoms with Gasteiger partial charge in [0.15, 0.2) is 6.29 Å². The summed E-state index contributed by atoms with van der Waals surface area (Å²) in [5, 5.41) is 29.6. The number of rotatable bonds is 3. The first kappa shape index (κ1) is 16.0. The van der Waals surface area contributed by atoms with Crippen molar-refractivity contribution in [2.24, 2.45) is 0 Å². The summed E-state index contributed by atoms with van der Waals surface area (Å²) in [4.78, 5) is 25.6. The third-order valence-corrected chi connectivity index (χ3v) is 4.14. The fraction of sp³-hybridized carbons (Fsp3) is 0.467. The Hall–Kier alpha value is -1.84. The van der Waals surface area contributed by atoms with E-state index in [-0.39, 0.29) is 17.7 Å². The standard InChI is InChI=1S/C15H17NO7/c1-22-15-12(19)11(18)10(17)9(23-15)6-16-13(20)7-4-2-3-5-8(7)14(16)21/h2-5,9-12,15,17-19H,6H2,1H3. The largest absolute Gasteiger partial charge is 0.388 e. The van der Waals surface area contributed by atoms with Crippen molar-refractivity contribution in [1.82, 2.24) is 4.90 Å². The fourth-order valence-corrected chi connectivity index (χ4v) is 2.85. The minimum atomic E-state index is -1.51. The van der Waals surface area contributed by atoms with Crippen LogP contribution in [0.4, 0.5) is 0 Å². The van der Waals surface area contributed by atoms with E-state index in [0.717, 1.165) is 4.90 Å². The molecule has 2 heterocycles.